The Balaban J connectivity index is 2.82. The first-order valence-corrected chi connectivity index (χ1v) is 5.00. The van der Waals surface area contributed by atoms with Crippen LogP contribution in [0, 0.1) is 12.3 Å². The van der Waals surface area contributed by atoms with Crippen LogP contribution in [-0.2, 0) is 13.1 Å². The van der Waals surface area contributed by atoms with Gasteiger partial charge in [-0.1, -0.05) is 17.7 Å². The van der Waals surface area contributed by atoms with Gasteiger partial charge >= 0.3 is 0 Å². The van der Waals surface area contributed by atoms with Crippen LogP contribution < -0.4 is 5.73 Å². The fourth-order valence-electron chi connectivity index (χ4n) is 1.00. The molecule has 0 aliphatic heterocycles. The Morgan fingerprint density at radius 2 is 2.38 bits per heavy atom. The third-order valence-corrected chi connectivity index (χ3v) is 2.45. The van der Waals surface area contributed by atoms with E-state index in [0.717, 1.165) is 17.5 Å². The minimum atomic E-state index is 0.414. The van der Waals surface area contributed by atoms with Crippen LogP contribution in [0.3, 0.4) is 0 Å². The first-order valence-electron chi connectivity index (χ1n) is 4.01. The SMILES string of the molecule is C#CCSc1nnc(CN)n1CC. The second-order valence-electron chi connectivity index (χ2n) is 2.34. The Kier molecular flexibility index (Phi) is 3.80. The second-order valence-corrected chi connectivity index (χ2v) is 3.28. The van der Waals surface area contributed by atoms with Gasteiger partial charge in [0.25, 0.3) is 0 Å². The second kappa shape index (κ2) is 4.90. The fourth-order valence-corrected chi connectivity index (χ4v) is 1.70. The fraction of sp³-hybridized carbons (Fsp3) is 0.500. The van der Waals surface area contributed by atoms with Gasteiger partial charge in [-0.15, -0.1) is 16.6 Å². The van der Waals surface area contributed by atoms with Gasteiger partial charge in [0.1, 0.15) is 5.82 Å². The van der Waals surface area contributed by atoms with Gasteiger partial charge in [0.05, 0.1) is 12.3 Å². The summed E-state index contributed by atoms with van der Waals surface area (Å²) in [6.07, 6.45) is 5.15. The number of terminal acetylenes is 1. The van der Waals surface area contributed by atoms with E-state index < -0.39 is 0 Å². The van der Waals surface area contributed by atoms with E-state index in [1.54, 1.807) is 0 Å². The number of hydrogen-bond acceptors (Lipinski definition) is 4. The first kappa shape index (κ1) is 10.1. The molecule has 0 saturated heterocycles. The number of hydrogen-bond donors (Lipinski definition) is 1. The molecule has 1 aromatic heterocycles. The van der Waals surface area contributed by atoms with Crippen molar-refractivity contribution in [2.75, 3.05) is 5.75 Å². The van der Waals surface area contributed by atoms with Crippen molar-refractivity contribution in [3.8, 4) is 12.3 Å². The molecule has 0 aliphatic rings. The molecule has 0 unspecified atom stereocenters. The van der Waals surface area contributed by atoms with Crippen molar-refractivity contribution in [2.24, 2.45) is 5.73 Å². The molecule has 0 radical (unpaired) electrons. The van der Waals surface area contributed by atoms with Gasteiger partial charge in [0.2, 0.25) is 0 Å². The lowest BCUT2D eigenvalue weighted by Gasteiger charge is -2.03. The van der Waals surface area contributed by atoms with Crippen LogP contribution in [0.15, 0.2) is 5.16 Å². The summed E-state index contributed by atoms with van der Waals surface area (Å²) < 4.78 is 1.97. The maximum absolute atomic E-state index is 5.50. The minimum absolute atomic E-state index is 0.414. The quantitative estimate of drug-likeness (QED) is 0.562. The average molecular weight is 196 g/mol. The van der Waals surface area contributed by atoms with Gasteiger partial charge in [-0.25, -0.2) is 0 Å². The largest absolute Gasteiger partial charge is 0.324 e. The molecule has 1 heterocycles. The maximum Gasteiger partial charge on any atom is 0.192 e. The molecule has 0 saturated carbocycles. The lowest BCUT2D eigenvalue weighted by Crippen LogP contribution is -2.08. The third-order valence-electron chi connectivity index (χ3n) is 1.58. The van der Waals surface area contributed by atoms with Gasteiger partial charge < -0.3 is 10.3 Å². The normalized spacial score (nSPS) is 9.92. The zero-order valence-electron chi connectivity index (χ0n) is 7.53. The molecule has 0 amide bonds. The highest BCUT2D eigenvalue weighted by Crippen LogP contribution is 2.15. The molecule has 1 rings (SSSR count). The van der Waals surface area contributed by atoms with E-state index in [0.29, 0.717) is 12.3 Å². The van der Waals surface area contributed by atoms with Crippen LogP contribution in [0.4, 0.5) is 0 Å². The molecule has 1 aromatic rings. The monoisotopic (exact) mass is 196 g/mol. The Hall–Kier alpha value is -0.990. The summed E-state index contributed by atoms with van der Waals surface area (Å²) in [5, 5.41) is 8.80. The maximum atomic E-state index is 5.50. The number of aromatic nitrogens is 3. The van der Waals surface area contributed by atoms with Crippen molar-refractivity contribution in [2.45, 2.75) is 25.2 Å². The molecule has 0 atom stereocenters. The molecule has 0 bridgehead atoms. The number of nitrogens with two attached hydrogens (primary N) is 1. The summed E-state index contributed by atoms with van der Waals surface area (Å²) in [5.41, 5.74) is 5.50. The Labute approximate surface area is 81.9 Å². The van der Waals surface area contributed by atoms with E-state index in [4.69, 9.17) is 12.2 Å². The molecule has 0 aromatic carbocycles. The number of thioether (sulfide) groups is 1. The van der Waals surface area contributed by atoms with E-state index in [2.05, 4.69) is 16.1 Å². The van der Waals surface area contributed by atoms with Crippen molar-refractivity contribution >= 4 is 11.8 Å². The number of rotatable bonds is 4. The van der Waals surface area contributed by atoms with E-state index in [9.17, 15) is 0 Å². The van der Waals surface area contributed by atoms with Crippen molar-refractivity contribution in [1.29, 1.82) is 0 Å². The summed E-state index contributed by atoms with van der Waals surface area (Å²) in [6.45, 7) is 3.27. The van der Waals surface area contributed by atoms with Crippen LogP contribution in [0.25, 0.3) is 0 Å². The van der Waals surface area contributed by atoms with Crippen LogP contribution in [0.1, 0.15) is 12.7 Å². The molecule has 0 fully saturated rings. The van der Waals surface area contributed by atoms with E-state index in [1.807, 2.05) is 11.5 Å². The standard InChI is InChI=1S/C8H12N4S/c1-3-5-13-8-11-10-7(6-9)12(8)4-2/h1H,4-6,9H2,2H3. The highest BCUT2D eigenvalue weighted by molar-refractivity contribution is 7.99. The van der Waals surface area contributed by atoms with Gasteiger partial charge in [-0.3, -0.25) is 0 Å². The highest BCUT2D eigenvalue weighted by atomic mass is 32.2. The van der Waals surface area contributed by atoms with Gasteiger partial charge in [0, 0.05) is 6.54 Å². The van der Waals surface area contributed by atoms with E-state index in [-0.39, 0.29) is 0 Å². The van der Waals surface area contributed by atoms with Crippen LogP contribution in [0.2, 0.25) is 0 Å². The zero-order chi connectivity index (χ0) is 9.68. The summed E-state index contributed by atoms with van der Waals surface area (Å²) in [7, 11) is 0. The van der Waals surface area contributed by atoms with Gasteiger partial charge in [-0.05, 0) is 6.92 Å². The molecule has 4 nitrogen and oxygen atoms in total. The summed E-state index contributed by atoms with van der Waals surface area (Å²) >= 11 is 1.51. The molecular weight excluding hydrogens is 184 g/mol. The van der Waals surface area contributed by atoms with Crippen molar-refractivity contribution in [1.82, 2.24) is 14.8 Å². The van der Waals surface area contributed by atoms with Crippen LogP contribution in [-0.4, -0.2) is 20.5 Å². The summed E-state index contributed by atoms with van der Waals surface area (Å²) in [5.74, 6) is 3.97. The predicted molar refractivity (Wildman–Crippen MR) is 53.1 cm³/mol. The topological polar surface area (TPSA) is 56.7 Å². The molecular formula is C8H12N4S. The predicted octanol–water partition coefficient (Wildman–Crippen LogP) is 0.482. The minimum Gasteiger partial charge on any atom is -0.324 e. The Morgan fingerprint density at radius 3 is 2.92 bits per heavy atom. The zero-order valence-corrected chi connectivity index (χ0v) is 8.34. The Bertz CT molecular complexity index is 312. The molecule has 2 N–H and O–H groups in total. The van der Waals surface area contributed by atoms with Crippen molar-refractivity contribution in [3.05, 3.63) is 5.82 Å². The highest BCUT2D eigenvalue weighted by Gasteiger charge is 2.08. The van der Waals surface area contributed by atoms with Gasteiger partial charge in [0.15, 0.2) is 5.16 Å². The lowest BCUT2D eigenvalue weighted by molar-refractivity contribution is 0.643. The third kappa shape index (κ3) is 2.23. The average Bonchev–Trinajstić information content (AvgIpc) is 2.56. The molecule has 70 valence electrons. The van der Waals surface area contributed by atoms with E-state index in [1.165, 1.54) is 11.8 Å². The summed E-state index contributed by atoms with van der Waals surface area (Å²) in [4.78, 5) is 0. The molecule has 0 spiro atoms. The van der Waals surface area contributed by atoms with Gasteiger partial charge in [-0.2, -0.15) is 0 Å². The van der Waals surface area contributed by atoms with Crippen molar-refractivity contribution in [3.63, 3.8) is 0 Å². The van der Waals surface area contributed by atoms with Crippen molar-refractivity contribution < 1.29 is 0 Å². The van der Waals surface area contributed by atoms with Crippen LogP contribution in [0.5, 0.6) is 0 Å². The molecule has 0 aliphatic carbocycles. The first-order chi connectivity index (χ1) is 6.33. The summed E-state index contributed by atoms with van der Waals surface area (Å²) in [6, 6.07) is 0. The Morgan fingerprint density at radius 1 is 1.62 bits per heavy atom. The molecule has 13 heavy (non-hydrogen) atoms. The smallest absolute Gasteiger partial charge is 0.192 e. The number of nitrogens with zero attached hydrogens (tertiary/aromatic N) is 3. The lowest BCUT2D eigenvalue weighted by atomic mass is 10.6. The van der Waals surface area contributed by atoms with Crippen LogP contribution >= 0.6 is 11.8 Å². The van der Waals surface area contributed by atoms with E-state index >= 15 is 0 Å². The molecule has 5 heteroatoms.